The molecule has 0 aliphatic carbocycles. The first-order valence-electron chi connectivity index (χ1n) is 7.67. The summed E-state index contributed by atoms with van der Waals surface area (Å²) in [5.74, 6) is -1.46. The van der Waals surface area contributed by atoms with Crippen LogP contribution in [0.4, 0.5) is 11.4 Å². The molecule has 144 valence electrons. The fraction of sp³-hybridized carbons (Fsp3) is 0.235. The summed E-state index contributed by atoms with van der Waals surface area (Å²) in [6, 6.07) is 12.1. The van der Waals surface area contributed by atoms with Gasteiger partial charge in [-0.3, -0.25) is 20.2 Å². The largest absolute Gasteiger partial charge is 0.478 e. The molecule has 0 fully saturated rings. The second-order valence-electron chi connectivity index (χ2n) is 5.41. The molecule has 0 aromatic heterocycles. The standard InChI is InChI=1S/C10H14O2.C7H4N2O6/c1-9(11)7-12-8-10-5-3-2-4-6-10;10-7(11)4-1-5(8(12)13)3-6(2-4)9(14)15/h2-6,9,11H,7-8H2,1H3;1-3H,(H,10,11). The van der Waals surface area contributed by atoms with Crippen molar-refractivity contribution in [3.05, 3.63) is 79.9 Å². The maximum atomic E-state index is 10.5. The zero-order valence-electron chi connectivity index (χ0n) is 14.3. The highest BCUT2D eigenvalue weighted by atomic mass is 16.6. The van der Waals surface area contributed by atoms with E-state index in [9.17, 15) is 25.0 Å². The summed E-state index contributed by atoms with van der Waals surface area (Å²) in [5.41, 5.74) is -0.600. The number of non-ortho nitro benzene ring substituents is 2. The SMILES string of the molecule is CC(O)COCc1ccccc1.O=C(O)c1cc([N+](=O)[O-])cc([N+](=O)[O-])c1. The zero-order valence-corrected chi connectivity index (χ0v) is 14.3. The highest BCUT2D eigenvalue weighted by Gasteiger charge is 2.19. The van der Waals surface area contributed by atoms with E-state index in [2.05, 4.69) is 0 Å². The molecular weight excluding hydrogens is 360 g/mol. The van der Waals surface area contributed by atoms with Crippen LogP contribution in [0.2, 0.25) is 0 Å². The molecule has 0 aliphatic rings. The average Bonchev–Trinajstić information content (AvgIpc) is 2.62. The molecule has 0 bridgehead atoms. The Balaban J connectivity index is 0.000000277. The van der Waals surface area contributed by atoms with Crippen LogP contribution in [0.5, 0.6) is 0 Å². The number of aliphatic hydroxyl groups is 1. The molecule has 2 N–H and O–H groups in total. The van der Waals surface area contributed by atoms with Gasteiger partial charge >= 0.3 is 5.97 Å². The summed E-state index contributed by atoms with van der Waals surface area (Å²) in [7, 11) is 0. The van der Waals surface area contributed by atoms with Gasteiger partial charge in [0, 0.05) is 12.1 Å². The molecule has 0 saturated carbocycles. The number of carbonyl (C=O) groups is 1. The number of nitrogens with zero attached hydrogens (tertiary/aromatic N) is 2. The lowest BCUT2D eigenvalue weighted by atomic mass is 10.2. The predicted molar refractivity (Wildman–Crippen MR) is 94.5 cm³/mol. The van der Waals surface area contributed by atoms with Gasteiger partial charge in [0.05, 0.1) is 40.8 Å². The van der Waals surface area contributed by atoms with Gasteiger partial charge in [-0.25, -0.2) is 4.79 Å². The van der Waals surface area contributed by atoms with Gasteiger partial charge in [0.1, 0.15) is 0 Å². The third-order valence-corrected chi connectivity index (χ3v) is 3.04. The second kappa shape index (κ2) is 10.6. The van der Waals surface area contributed by atoms with E-state index < -0.39 is 32.8 Å². The lowest BCUT2D eigenvalue weighted by Gasteiger charge is -2.05. The predicted octanol–water partition coefficient (Wildman–Crippen LogP) is 2.79. The Hall–Kier alpha value is -3.37. The highest BCUT2D eigenvalue weighted by Crippen LogP contribution is 2.22. The van der Waals surface area contributed by atoms with Crippen LogP contribution in [0.15, 0.2) is 48.5 Å². The molecule has 2 aromatic carbocycles. The van der Waals surface area contributed by atoms with Crippen molar-refractivity contribution in [3.8, 4) is 0 Å². The second-order valence-corrected chi connectivity index (χ2v) is 5.41. The summed E-state index contributed by atoms with van der Waals surface area (Å²) in [6.45, 7) is 2.69. The minimum Gasteiger partial charge on any atom is -0.478 e. The molecule has 0 heterocycles. The zero-order chi connectivity index (χ0) is 20.4. The highest BCUT2D eigenvalue weighted by molar-refractivity contribution is 5.89. The molecule has 0 amide bonds. The Kier molecular flexibility index (Phi) is 8.49. The summed E-state index contributed by atoms with van der Waals surface area (Å²) in [5, 5.41) is 38.1. The van der Waals surface area contributed by atoms with Crippen molar-refractivity contribution in [1.29, 1.82) is 0 Å². The van der Waals surface area contributed by atoms with E-state index in [1.54, 1.807) is 6.92 Å². The molecule has 10 heteroatoms. The van der Waals surface area contributed by atoms with Crippen LogP contribution >= 0.6 is 0 Å². The topological polar surface area (TPSA) is 153 Å². The van der Waals surface area contributed by atoms with E-state index in [1.165, 1.54) is 0 Å². The number of hydrogen-bond donors (Lipinski definition) is 2. The van der Waals surface area contributed by atoms with Gasteiger partial charge in [0.15, 0.2) is 0 Å². The number of nitro groups is 2. The van der Waals surface area contributed by atoms with Crippen molar-refractivity contribution >= 4 is 17.3 Å². The van der Waals surface area contributed by atoms with Gasteiger partial charge < -0.3 is 14.9 Å². The molecule has 0 aliphatic heterocycles. The maximum absolute atomic E-state index is 10.5. The van der Waals surface area contributed by atoms with E-state index >= 15 is 0 Å². The van der Waals surface area contributed by atoms with Crippen molar-refractivity contribution in [2.24, 2.45) is 0 Å². The van der Waals surface area contributed by atoms with Crippen LogP contribution in [0.3, 0.4) is 0 Å². The molecule has 0 spiro atoms. The monoisotopic (exact) mass is 378 g/mol. The molecule has 2 aromatic rings. The van der Waals surface area contributed by atoms with Crippen LogP contribution in [0.25, 0.3) is 0 Å². The Morgan fingerprint density at radius 2 is 1.59 bits per heavy atom. The molecule has 1 unspecified atom stereocenters. The average molecular weight is 378 g/mol. The number of hydrogen-bond acceptors (Lipinski definition) is 7. The number of benzene rings is 2. The summed E-state index contributed by atoms with van der Waals surface area (Å²) >= 11 is 0. The summed E-state index contributed by atoms with van der Waals surface area (Å²) in [6.07, 6.45) is -0.381. The normalized spacial score (nSPS) is 11.0. The van der Waals surface area contributed by atoms with Crippen molar-refractivity contribution < 1.29 is 29.6 Å². The molecule has 10 nitrogen and oxygen atoms in total. The van der Waals surface area contributed by atoms with Crippen LogP contribution in [0.1, 0.15) is 22.8 Å². The van der Waals surface area contributed by atoms with E-state index in [0.29, 0.717) is 19.3 Å². The minimum absolute atomic E-state index is 0.381. The van der Waals surface area contributed by atoms with E-state index in [0.717, 1.165) is 17.7 Å². The van der Waals surface area contributed by atoms with Crippen LogP contribution in [0, 0.1) is 20.2 Å². The number of aliphatic hydroxyl groups excluding tert-OH is 1. The number of carboxylic acids is 1. The first-order chi connectivity index (χ1) is 12.7. The van der Waals surface area contributed by atoms with Crippen molar-refractivity contribution in [3.63, 3.8) is 0 Å². The number of aromatic carboxylic acids is 1. The van der Waals surface area contributed by atoms with Crippen LogP contribution < -0.4 is 0 Å². The van der Waals surface area contributed by atoms with Gasteiger partial charge in [0.25, 0.3) is 11.4 Å². The van der Waals surface area contributed by atoms with Gasteiger partial charge in [-0.15, -0.1) is 0 Å². The fourth-order valence-corrected chi connectivity index (χ4v) is 1.85. The molecular formula is C17H18N2O8. The third kappa shape index (κ3) is 8.03. The van der Waals surface area contributed by atoms with E-state index in [4.69, 9.17) is 14.9 Å². The van der Waals surface area contributed by atoms with Crippen molar-refractivity contribution in [2.45, 2.75) is 19.6 Å². The van der Waals surface area contributed by atoms with Gasteiger partial charge in [-0.2, -0.15) is 0 Å². The lowest BCUT2D eigenvalue weighted by Crippen LogP contribution is -2.09. The summed E-state index contributed by atoms with van der Waals surface area (Å²) < 4.78 is 5.23. The van der Waals surface area contributed by atoms with Crippen molar-refractivity contribution in [1.82, 2.24) is 0 Å². The molecule has 2 rings (SSSR count). The van der Waals surface area contributed by atoms with Crippen molar-refractivity contribution in [2.75, 3.05) is 6.61 Å². The first kappa shape index (κ1) is 21.7. The van der Waals surface area contributed by atoms with Gasteiger partial charge in [-0.1, -0.05) is 30.3 Å². The number of nitro benzene ring substituents is 2. The Morgan fingerprint density at radius 3 is 2.00 bits per heavy atom. The van der Waals surface area contributed by atoms with Crippen LogP contribution in [-0.2, 0) is 11.3 Å². The Morgan fingerprint density at radius 1 is 1.07 bits per heavy atom. The number of rotatable bonds is 7. The van der Waals surface area contributed by atoms with E-state index in [1.807, 2.05) is 30.3 Å². The Bertz CT molecular complexity index is 714. The number of carboxylic acid groups (broad SMARTS) is 1. The van der Waals surface area contributed by atoms with Gasteiger partial charge in [0.2, 0.25) is 0 Å². The molecule has 0 saturated heterocycles. The molecule has 1 atom stereocenters. The third-order valence-electron chi connectivity index (χ3n) is 3.04. The van der Waals surface area contributed by atoms with Gasteiger partial charge in [-0.05, 0) is 12.5 Å². The quantitative estimate of drug-likeness (QED) is 0.551. The lowest BCUT2D eigenvalue weighted by molar-refractivity contribution is -0.394. The molecule has 0 radical (unpaired) electrons. The van der Waals surface area contributed by atoms with E-state index in [-0.39, 0.29) is 6.10 Å². The number of ether oxygens (including phenoxy) is 1. The summed E-state index contributed by atoms with van der Waals surface area (Å²) in [4.78, 5) is 29.4. The van der Waals surface area contributed by atoms with Crippen LogP contribution in [-0.4, -0.2) is 38.7 Å². The molecule has 27 heavy (non-hydrogen) atoms. The fourth-order valence-electron chi connectivity index (χ4n) is 1.85. The maximum Gasteiger partial charge on any atom is 0.336 e. The minimum atomic E-state index is -1.46. The first-order valence-corrected chi connectivity index (χ1v) is 7.67. The smallest absolute Gasteiger partial charge is 0.336 e. The Labute approximate surface area is 153 Å².